The molecule has 0 spiro atoms. The first-order valence-electron chi connectivity index (χ1n) is 10.0. The van der Waals surface area contributed by atoms with Crippen LogP contribution in [0.5, 0.6) is 0 Å². The largest absolute Gasteiger partial charge is 0.417 e. The molecular weight excluding hydrogens is 534 g/mol. The topological polar surface area (TPSA) is 66.5 Å². The van der Waals surface area contributed by atoms with Gasteiger partial charge < -0.3 is 5.32 Å². The molecule has 3 rings (SSSR count). The number of hydrogen-bond donors (Lipinski definition) is 1. The molecule has 3 aromatic rings. The lowest BCUT2D eigenvalue weighted by molar-refractivity contribution is -0.138. The number of nitrogens with one attached hydrogen (secondary N) is 1. The molecule has 0 fully saturated rings. The number of aryl methyl sites for hydroxylation is 1. The maximum Gasteiger partial charge on any atom is 0.417 e. The summed E-state index contributed by atoms with van der Waals surface area (Å²) in [6, 6.07) is 11.2. The van der Waals surface area contributed by atoms with E-state index in [9.17, 15) is 39.6 Å². The Labute approximate surface area is 207 Å². The number of sulfonamides is 1. The summed E-state index contributed by atoms with van der Waals surface area (Å²) in [5.41, 5.74) is -2.49. The van der Waals surface area contributed by atoms with Gasteiger partial charge in [-0.2, -0.15) is 26.3 Å². The number of rotatable bonds is 6. The zero-order valence-electron chi connectivity index (χ0n) is 18.3. The molecule has 0 unspecified atom stereocenters. The lowest BCUT2D eigenvalue weighted by Crippen LogP contribution is -2.38. The molecule has 0 saturated carbocycles. The van der Waals surface area contributed by atoms with Crippen molar-refractivity contribution in [2.75, 3.05) is 16.2 Å². The van der Waals surface area contributed by atoms with Gasteiger partial charge in [-0.25, -0.2) is 8.42 Å². The molecule has 1 amide bonds. The normalized spacial score (nSPS) is 12.3. The molecule has 0 heterocycles. The molecule has 0 atom stereocenters. The average Bonchev–Trinajstić information content (AvgIpc) is 2.77. The van der Waals surface area contributed by atoms with Gasteiger partial charge in [-0.1, -0.05) is 35.4 Å². The lowest BCUT2D eigenvalue weighted by atomic mass is 10.2. The third-order valence-corrected chi connectivity index (χ3v) is 7.03. The van der Waals surface area contributed by atoms with Crippen LogP contribution in [0.25, 0.3) is 0 Å². The molecule has 0 aliphatic heterocycles. The second kappa shape index (κ2) is 10.0. The van der Waals surface area contributed by atoms with Gasteiger partial charge in [0.05, 0.1) is 26.7 Å². The van der Waals surface area contributed by atoms with Gasteiger partial charge in [0.2, 0.25) is 5.91 Å². The predicted molar refractivity (Wildman–Crippen MR) is 122 cm³/mol. The summed E-state index contributed by atoms with van der Waals surface area (Å²) in [7, 11) is -4.58. The van der Waals surface area contributed by atoms with Crippen molar-refractivity contribution < 1.29 is 39.6 Å². The van der Waals surface area contributed by atoms with Crippen LogP contribution >= 0.6 is 11.6 Å². The minimum Gasteiger partial charge on any atom is -0.325 e. The summed E-state index contributed by atoms with van der Waals surface area (Å²) in [4.78, 5) is 12.4. The van der Waals surface area contributed by atoms with E-state index in [1.165, 1.54) is 24.3 Å². The number of carbonyl (C=O) groups excluding carboxylic acids is 1. The molecule has 0 bridgehead atoms. The first-order valence-corrected chi connectivity index (χ1v) is 11.8. The molecular formula is C23H17ClF6N2O3S. The molecule has 0 aromatic heterocycles. The SMILES string of the molecule is Cc1ccc(S(=O)(=O)N(CC(=O)Nc2cccc(C(F)(F)F)c2)c2ccc(Cl)c(C(F)(F)F)c2)cc1. The first kappa shape index (κ1) is 27.3. The van der Waals surface area contributed by atoms with Crippen molar-refractivity contribution >= 4 is 38.9 Å². The highest BCUT2D eigenvalue weighted by atomic mass is 35.5. The van der Waals surface area contributed by atoms with Gasteiger partial charge in [0, 0.05) is 5.69 Å². The Balaban J connectivity index is 2.03. The molecule has 36 heavy (non-hydrogen) atoms. The molecule has 0 aliphatic carbocycles. The highest BCUT2D eigenvalue weighted by molar-refractivity contribution is 7.92. The number of carbonyl (C=O) groups is 1. The predicted octanol–water partition coefficient (Wildman–Crippen LogP) is 6.52. The lowest BCUT2D eigenvalue weighted by Gasteiger charge is -2.25. The summed E-state index contributed by atoms with van der Waals surface area (Å²) in [5.74, 6) is -1.09. The van der Waals surface area contributed by atoms with E-state index in [4.69, 9.17) is 11.6 Å². The molecule has 0 aliphatic rings. The molecule has 5 nitrogen and oxygen atoms in total. The molecule has 0 radical (unpaired) electrons. The maximum atomic E-state index is 13.4. The number of nitrogens with zero attached hydrogens (tertiary/aromatic N) is 1. The van der Waals surface area contributed by atoms with Gasteiger partial charge in [0.15, 0.2) is 0 Å². The second-order valence-corrected chi connectivity index (χ2v) is 9.88. The second-order valence-electron chi connectivity index (χ2n) is 7.61. The van der Waals surface area contributed by atoms with E-state index in [0.29, 0.717) is 22.0 Å². The van der Waals surface area contributed by atoms with Crippen molar-refractivity contribution in [1.29, 1.82) is 0 Å². The third-order valence-electron chi connectivity index (χ3n) is 4.91. The standard InChI is InChI=1S/C23H17ClF6N2O3S/c1-14-5-8-18(9-6-14)36(34,35)32(17-7-10-20(24)19(12-17)23(28,29)30)13-21(33)31-16-4-2-3-15(11-16)22(25,26)27/h2-12H,13H2,1H3,(H,31,33). The Bertz CT molecular complexity index is 1370. The van der Waals surface area contributed by atoms with Crippen LogP contribution in [-0.4, -0.2) is 20.9 Å². The van der Waals surface area contributed by atoms with Crippen LogP contribution < -0.4 is 9.62 Å². The third kappa shape index (κ3) is 6.30. The highest BCUT2D eigenvalue weighted by Gasteiger charge is 2.36. The summed E-state index contributed by atoms with van der Waals surface area (Å²) in [6.07, 6.45) is -9.62. The van der Waals surface area contributed by atoms with Crippen molar-refractivity contribution in [3.8, 4) is 0 Å². The zero-order valence-corrected chi connectivity index (χ0v) is 19.9. The quantitative estimate of drug-likeness (QED) is 0.355. The van der Waals surface area contributed by atoms with Crippen LogP contribution in [0, 0.1) is 6.92 Å². The van der Waals surface area contributed by atoms with Gasteiger partial charge in [-0.05, 0) is 55.5 Å². The summed E-state index contributed by atoms with van der Waals surface area (Å²) in [6.45, 7) is 0.650. The van der Waals surface area contributed by atoms with Crippen molar-refractivity contribution in [2.24, 2.45) is 0 Å². The number of anilines is 2. The maximum absolute atomic E-state index is 13.4. The monoisotopic (exact) mass is 550 g/mol. The Morgan fingerprint density at radius 2 is 1.56 bits per heavy atom. The van der Waals surface area contributed by atoms with E-state index >= 15 is 0 Å². The van der Waals surface area contributed by atoms with Gasteiger partial charge in [0.25, 0.3) is 10.0 Å². The van der Waals surface area contributed by atoms with Gasteiger partial charge in [-0.3, -0.25) is 9.10 Å². The van der Waals surface area contributed by atoms with Crippen LogP contribution in [-0.2, 0) is 27.2 Å². The molecule has 192 valence electrons. The molecule has 1 N–H and O–H groups in total. The fourth-order valence-electron chi connectivity index (χ4n) is 3.14. The Morgan fingerprint density at radius 1 is 0.917 bits per heavy atom. The van der Waals surface area contributed by atoms with E-state index in [0.717, 1.165) is 30.3 Å². The van der Waals surface area contributed by atoms with E-state index in [1.807, 2.05) is 0 Å². The van der Waals surface area contributed by atoms with Gasteiger partial charge in [0.1, 0.15) is 6.54 Å². The summed E-state index contributed by atoms with van der Waals surface area (Å²) in [5, 5.41) is 1.46. The Morgan fingerprint density at radius 3 is 2.14 bits per heavy atom. The van der Waals surface area contributed by atoms with E-state index in [2.05, 4.69) is 5.32 Å². The minimum atomic E-state index is -4.92. The van der Waals surface area contributed by atoms with Crippen molar-refractivity contribution in [3.63, 3.8) is 0 Å². The van der Waals surface area contributed by atoms with E-state index < -0.39 is 56.7 Å². The molecule has 13 heteroatoms. The number of hydrogen-bond acceptors (Lipinski definition) is 3. The fraction of sp³-hybridized carbons (Fsp3) is 0.174. The zero-order chi connectivity index (χ0) is 26.9. The van der Waals surface area contributed by atoms with Crippen LogP contribution in [0.15, 0.2) is 71.6 Å². The Kier molecular flexibility index (Phi) is 7.61. The summed E-state index contributed by atoms with van der Waals surface area (Å²) >= 11 is 5.64. The number of benzene rings is 3. The van der Waals surface area contributed by atoms with Crippen molar-refractivity contribution in [1.82, 2.24) is 0 Å². The number of halogens is 7. The van der Waals surface area contributed by atoms with E-state index in [1.54, 1.807) is 6.92 Å². The average molecular weight is 551 g/mol. The summed E-state index contributed by atoms with van der Waals surface area (Å²) < 4.78 is 106. The number of alkyl halides is 6. The van der Waals surface area contributed by atoms with Crippen molar-refractivity contribution in [2.45, 2.75) is 24.2 Å². The molecule has 3 aromatic carbocycles. The van der Waals surface area contributed by atoms with Crippen LogP contribution in [0.4, 0.5) is 37.7 Å². The number of amides is 1. The van der Waals surface area contributed by atoms with Crippen molar-refractivity contribution in [3.05, 3.63) is 88.4 Å². The van der Waals surface area contributed by atoms with Gasteiger partial charge >= 0.3 is 12.4 Å². The fourth-order valence-corrected chi connectivity index (χ4v) is 4.78. The molecule has 0 saturated heterocycles. The van der Waals surface area contributed by atoms with Crippen LogP contribution in [0.2, 0.25) is 5.02 Å². The Hall–Kier alpha value is -3.25. The minimum absolute atomic E-state index is 0.283. The van der Waals surface area contributed by atoms with Crippen LogP contribution in [0.1, 0.15) is 16.7 Å². The van der Waals surface area contributed by atoms with E-state index in [-0.39, 0.29) is 10.6 Å². The van der Waals surface area contributed by atoms with Gasteiger partial charge in [-0.15, -0.1) is 0 Å². The smallest absolute Gasteiger partial charge is 0.325 e. The van der Waals surface area contributed by atoms with Crippen LogP contribution in [0.3, 0.4) is 0 Å². The first-order chi connectivity index (χ1) is 16.6. The highest BCUT2D eigenvalue weighted by Crippen LogP contribution is 2.38.